The van der Waals surface area contributed by atoms with E-state index in [2.05, 4.69) is 9.88 Å². The molecule has 2 aliphatic rings. The van der Waals surface area contributed by atoms with Crippen molar-refractivity contribution in [3.63, 3.8) is 0 Å². The molecule has 0 bridgehead atoms. The number of nitrogens with zero attached hydrogens (tertiary/aromatic N) is 1. The van der Waals surface area contributed by atoms with Crippen molar-refractivity contribution in [3.05, 3.63) is 65.6 Å². The average molecular weight is 396 g/mol. The highest BCUT2D eigenvalue weighted by Gasteiger charge is 2.43. The summed E-state index contributed by atoms with van der Waals surface area (Å²) in [6, 6.07) is 12.3. The zero-order valence-electron chi connectivity index (χ0n) is 16.1. The van der Waals surface area contributed by atoms with Crippen LogP contribution in [0.25, 0.3) is 10.9 Å². The number of H-pyrrole nitrogens is 1. The molecule has 5 rings (SSSR count). The summed E-state index contributed by atoms with van der Waals surface area (Å²) in [6.45, 7) is 2.05. The zero-order valence-corrected chi connectivity index (χ0v) is 16.1. The maximum absolute atomic E-state index is 13.6. The number of hydrogen-bond donors (Lipinski definition) is 3. The van der Waals surface area contributed by atoms with Gasteiger partial charge in [0.05, 0.1) is 12.2 Å². The maximum Gasteiger partial charge on any atom is 0.125 e. The Kier molecular flexibility index (Phi) is 4.57. The largest absolute Gasteiger partial charge is 0.487 e. The molecule has 0 saturated carbocycles. The zero-order chi connectivity index (χ0) is 20.0. The molecule has 2 aromatic carbocycles. The molecule has 2 atom stereocenters. The fourth-order valence-corrected chi connectivity index (χ4v) is 4.77. The predicted molar refractivity (Wildman–Crippen MR) is 108 cm³/mol. The lowest BCUT2D eigenvalue weighted by atomic mass is 9.81. The van der Waals surface area contributed by atoms with Crippen LogP contribution in [0.15, 0.2) is 48.7 Å². The second kappa shape index (κ2) is 7.13. The molecule has 0 radical (unpaired) electrons. The highest BCUT2D eigenvalue weighted by Crippen LogP contribution is 2.44. The summed E-state index contributed by atoms with van der Waals surface area (Å²) < 4.78 is 19.9. The monoisotopic (exact) mass is 396 g/mol. The van der Waals surface area contributed by atoms with Gasteiger partial charge < -0.3 is 24.8 Å². The molecule has 5 nitrogen and oxygen atoms in total. The number of nitrogens with one attached hydrogen (secondary N) is 1. The first-order chi connectivity index (χ1) is 14.0. The number of benzene rings is 2. The molecule has 3 heterocycles. The summed E-state index contributed by atoms with van der Waals surface area (Å²) in [5, 5.41) is 22.1. The van der Waals surface area contributed by atoms with Crippen LogP contribution in [0.4, 0.5) is 4.39 Å². The Morgan fingerprint density at radius 2 is 2.00 bits per heavy atom. The van der Waals surface area contributed by atoms with Crippen LogP contribution in [0.2, 0.25) is 0 Å². The van der Waals surface area contributed by atoms with Crippen molar-refractivity contribution in [2.75, 3.05) is 19.6 Å². The summed E-state index contributed by atoms with van der Waals surface area (Å²) in [6.07, 6.45) is 2.76. The first-order valence-electron chi connectivity index (χ1n) is 10.2. The second-order valence-electron chi connectivity index (χ2n) is 8.29. The standard InChI is InChI=1S/C23H25FN2O3/c24-15-5-6-19-17(11-15)18(13-25-19)21(28)14-26-9-7-23(8-10-26)12-20(27)16-3-1-2-4-22(16)29-23/h1-6,11,13,20-21,25,27-28H,7-10,12,14H2/t20-,21+/m0/s1. The van der Waals surface area contributed by atoms with Gasteiger partial charge in [0.2, 0.25) is 0 Å². The number of β-amino-alcohol motifs (C(OH)–C–C–N with tert-alkyl or cyclic N) is 1. The summed E-state index contributed by atoms with van der Waals surface area (Å²) in [4.78, 5) is 5.31. The molecular weight excluding hydrogens is 371 g/mol. The minimum absolute atomic E-state index is 0.307. The van der Waals surface area contributed by atoms with Gasteiger partial charge in [0.25, 0.3) is 0 Å². The molecule has 1 aromatic heterocycles. The van der Waals surface area contributed by atoms with E-state index < -0.39 is 12.2 Å². The van der Waals surface area contributed by atoms with Crippen molar-refractivity contribution in [3.8, 4) is 5.75 Å². The number of piperidine rings is 1. The lowest BCUT2D eigenvalue weighted by Crippen LogP contribution is -2.51. The molecule has 6 heteroatoms. The Morgan fingerprint density at radius 3 is 2.83 bits per heavy atom. The molecular formula is C23H25FN2O3. The molecule has 1 spiro atoms. The van der Waals surface area contributed by atoms with E-state index in [4.69, 9.17) is 4.74 Å². The Labute approximate surface area is 168 Å². The number of aliphatic hydroxyl groups is 2. The molecule has 152 valence electrons. The summed E-state index contributed by atoms with van der Waals surface area (Å²) in [5.74, 6) is 0.472. The first-order valence-corrected chi connectivity index (χ1v) is 10.2. The van der Waals surface area contributed by atoms with Crippen molar-refractivity contribution in [1.82, 2.24) is 9.88 Å². The number of ether oxygens (including phenoxy) is 1. The van der Waals surface area contributed by atoms with E-state index >= 15 is 0 Å². The molecule has 0 unspecified atom stereocenters. The van der Waals surface area contributed by atoms with Crippen LogP contribution in [0.5, 0.6) is 5.75 Å². The van der Waals surface area contributed by atoms with Gasteiger partial charge in [-0.15, -0.1) is 0 Å². The number of para-hydroxylation sites is 1. The number of likely N-dealkylation sites (tertiary alicyclic amines) is 1. The molecule has 3 N–H and O–H groups in total. The van der Waals surface area contributed by atoms with E-state index in [1.807, 2.05) is 24.3 Å². The molecule has 2 aliphatic heterocycles. The van der Waals surface area contributed by atoms with Gasteiger partial charge in [0.15, 0.2) is 0 Å². The molecule has 3 aromatic rings. The third-order valence-corrected chi connectivity index (χ3v) is 6.40. The van der Waals surface area contributed by atoms with Crippen molar-refractivity contribution in [1.29, 1.82) is 0 Å². The normalized spacial score (nSPS) is 22.4. The van der Waals surface area contributed by atoms with Crippen molar-refractivity contribution in [2.45, 2.75) is 37.1 Å². The average Bonchev–Trinajstić information content (AvgIpc) is 3.13. The van der Waals surface area contributed by atoms with Gasteiger partial charge in [-0.3, -0.25) is 0 Å². The smallest absolute Gasteiger partial charge is 0.125 e. The van der Waals surface area contributed by atoms with Crippen LogP contribution >= 0.6 is 0 Å². The Balaban J connectivity index is 1.26. The van der Waals surface area contributed by atoms with Gasteiger partial charge in [-0.25, -0.2) is 4.39 Å². The Bertz CT molecular complexity index is 1030. The Morgan fingerprint density at radius 1 is 1.21 bits per heavy atom. The fraction of sp³-hybridized carbons (Fsp3) is 0.391. The number of aromatic nitrogens is 1. The van der Waals surface area contributed by atoms with Gasteiger partial charge >= 0.3 is 0 Å². The van der Waals surface area contributed by atoms with Crippen LogP contribution in [-0.4, -0.2) is 45.3 Å². The van der Waals surface area contributed by atoms with E-state index in [0.717, 1.165) is 53.7 Å². The lowest BCUT2D eigenvalue weighted by Gasteiger charge is -2.46. The molecule has 0 amide bonds. The van der Waals surface area contributed by atoms with E-state index in [1.54, 1.807) is 12.3 Å². The van der Waals surface area contributed by atoms with Gasteiger partial charge in [-0.05, 0) is 37.1 Å². The number of hydrogen-bond acceptors (Lipinski definition) is 4. The number of rotatable bonds is 3. The van der Waals surface area contributed by atoms with Crippen molar-refractivity contribution < 1.29 is 19.3 Å². The lowest BCUT2D eigenvalue weighted by molar-refractivity contribution is -0.0587. The van der Waals surface area contributed by atoms with Crippen LogP contribution in [0.1, 0.15) is 42.6 Å². The van der Waals surface area contributed by atoms with Crippen LogP contribution in [0.3, 0.4) is 0 Å². The minimum Gasteiger partial charge on any atom is -0.487 e. The van der Waals surface area contributed by atoms with Crippen molar-refractivity contribution >= 4 is 10.9 Å². The number of fused-ring (bicyclic) bond motifs is 2. The van der Waals surface area contributed by atoms with Crippen LogP contribution in [-0.2, 0) is 0 Å². The topological polar surface area (TPSA) is 68.7 Å². The molecule has 1 fully saturated rings. The number of halogens is 1. The highest BCUT2D eigenvalue weighted by atomic mass is 19.1. The van der Waals surface area contributed by atoms with Gasteiger partial charge in [-0.2, -0.15) is 0 Å². The summed E-state index contributed by atoms with van der Waals surface area (Å²) >= 11 is 0. The van der Waals surface area contributed by atoms with E-state index in [0.29, 0.717) is 13.0 Å². The maximum atomic E-state index is 13.6. The second-order valence-corrected chi connectivity index (χ2v) is 8.29. The predicted octanol–water partition coefficient (Wildman–Crippen LogP) is 3.69. The van der Waals surface area contributed by atoms with Crippen LogP contribution < -0.4 is 4.74 Å². The van der Waals surface area contributed by atoms with E-state index in [1.165, 1.54) is 12.1 Å². The molecule has 29 heavy (non-hydrogen) atoms. The molecule has 0 aliphatic carbocycles. The molecule has 1 saturated heterocycles. The van der Waals surface area contributed by atoms with Crippen molar-refractivity contribution in [2.24, 2.45) is 0 Å². The van der Waals surface area contributed by atoms with Gasteiger partial charge in [0.1, 0.15) is 17.2 Å². The third-order valence-electron chi connectivity index (χ3n) is 6.40. The fourth-order valence-electron chi connectivity index (χ4n) is 4.77. The quantitative estimate of drug-likeness (QED) is 0.632. The summed E-state index contributed by atoms with van der Waals surface area (Å²) in [7, 11) is 0. The van der Waals surface area contributed by atoms with E-state index in [-0.39, 0.29) is 11.4 Å². The third kappa shape index (κ3) is 3.41. The highest BCUT2D eigenvalue weighted by molar-refractivity contribution is 5.83. The number of aromatic amines is 1. The van der Waals surface area contributed by atoms with Gasteiger partial charge in [-0.1, -0.05) is 18.2 Å². The minimum atomic E-state index is -0.696. The summed E-state index contributed by atoms with van der Waals surface area (Å²) in [5.41, 5.74) is 2.06. The van der Waals surface area contributed by atoms with Crippen LogP contribution in [0, 0.1) is 5.82 Å². The number of aliphatic hydroxyl groups excluding tert-OH is 2. The SMILES string of the molecule is O[C@H](CN1CCC2(CC1)C[C@H](O)c1ccccc1O2)c1c[nH]c2ccc(F)cc12. The van der Waals surface area contributed by atoms with Gasteiger partial charge in [0, 0.05) is 54.3 Å². The van der Waals surface area contributed by atoms with E-state index in [9.17, 15) is 14.6 Å². The Hall–Kier alpha value is -2.41. The first kappa shape index (κ1) is 18.6.